The van der Waals surface area contributed by atoms with E-state index in [-0.39, 0.29) is 0 Å². The molecule has 0 radical (unpaired) electrons. The third kappa shape index (κ3) is 24.0. The Hall–Kier alpha value is -0.0800. The van der Waals surface area contributed by atoms with Crippen molar-refractivity contribution in [3.05, 3.63) is 0 Å². The van der Waals surface area contributed by atoms with Crippen LogP contribution in [0, 0.1) is 11.8 Å². The molecule has 3 atom stereocenters. The maximum Gasteiger partial charge on any atom is 0.00643 e. The van der Waals surface area contributed by atoms with Crippen LogP contribution in [0.25, 0.3) is 0 Å². The van der Waals surface area contributed by atoms with E-state index in [1.165, 1.54) is 155 Å². The Labute approximate surface area is 224 Å². The zero-order chi connectivity index (χ0) is 26.0. The Balaban J connectivity index is 3.80. The van der Waals surface area contributed by atoms with Gasteiger partial charge < -0.3 is 10.2 Å². The molecule has 0 aromatic heterocycles. The molecule has 0 bridgehead atoms. The third-order valence-electron chi connectivity index (χ3n) is 8.18. The van der Waals surface area contributed by atoms with Gasteiger partial charge in [0.25, 0.3) is 0 Å². The number of unbranched alkanes of at least 4 members (excludes halogenated alkanes) is 14. The van der Waals surface area contributed by atoms with Crippen molar-refractivity contribution in [1.82, 2.24) is 10.2 Å². The minimum absolute atomic E-state index is 0.678. The van der Waals surface area contributed by atoms with Crippen molar-refractivity contribution in [2.75, 3.05) is 26.2 Å². The standard InChI is InChI=1S/C33H70N2/c1-7-10-13-14-20-23-28-35(30-31(4)25-11-8-2)29-24-21-18-16-15-17-19-22-27-34-33(6)32(5)26-12-9-3/h31-34H,7-30H2,1-6H3. The predicted octanol–water partition coefficient (Wildman–Crippen LogP) is 10.4. The largest absolute Gasteiger partial charge is 0.314 e. The van der Waals surface area contributed by atoms with E-state index >= 15 is 0 Å². The highest BCUT2D eigenvalue weighted by Gasteiger charge is 2.11. The van der Waals surface area contributed by atoms with Gasteiger partial charge in [-0.25, -0.2) is 0 Å². The summed E-state index contributed by atoms with van der Waals surface area (Å²) in [7, 11) is 0. The quantitative estimate of drug-likeness (QED) is 0.109. The van der Waals surface area contributed by atoms with Crippen LogP contribution in [0.15, 0.2) is 0 Å². The summed E-state index contributed by atoms with van der Waals surface area (Å²) in [6, 6.07) is 0.678. The number of hydrogen-bond acceptors (Lipinski definition) is 2. The fourth-order valence-corrected chi connectivity index (χ4v) is 5.32. The molecule has 0 aliphatic carbocycles. The van der Waals surface area contributed by atoms with Crippen LogP contribution in [0.4, 0.5) is 0 Å². The molecule has 0 spiro atoms. The van der Waals surface area contributed by atoms with Crippen molar-refractivity contribution in [2.45, 2.75) is 176 Å². The molecule has 0 saturated carbocycles. The van der Waals surface area contributed by atoms with Crippen molar-refractivity contribution in [3.63, 3.8) is 0 Å². The summed E-state index contributed by atoms with van der Waals surface area (Å²) < 4.78 is 0. The van der Waals surface area contributed by atoms with Crippen LogP contribution in [0.3, 0.4) is 0 Å². The lowest BCUT2D eigenvalue weighted by Crippen LogP contribution is -2.32. The van der Waals surface area contributed by atoms with Crippen LogP contribution < -0.4 is 5.32 Å². The van der Waals surface area contributed by atoms with Crippen LogP contribution in [0.5, 0.6) is 0 Å². The molecule has 2 heteroatoms. The van der Waals surface area contributed by atoms with Crippen LogP contribution in [-0.4, -0.2) is 37.1 Å². The highest BCUT2D eigenvalue weighted by molar-refractivity contribution is 4.68. The third-order valence-corrected chi connectivity index (χ3v) is 8.18. The second-order valence-corrected chi connectivity index (χ2v) is 12.0. The van der Waals surface area contributed by atoms with E-state index in [1.54, 1.807) is 0 Å². The van der Waals surface area contributed by atoms with E-state index < -0.39 is 0 Å². The molecule has 0 saturated heterocycles. The average Bonchev–Trinajstić information content (AvgIpc) is 2.85. The zero-order valence-corrected chi connectivity index (χ0v) is 25.6. The molecule has 0 fully saturated rings. The average molecular weight is 495 g/mol. The van der Waals surface area contributed by atoms with E-state index in [0.29, 0.717) is 6.04 Å². The van der Waals surface area contributed by atoms with Gasteiger partial charge in [0.2, 0.25) is 0 Å². The molecule has 1 N–H and O–H groups in total. The van der Waals surface area contributed by atoms with Crippen molar-refractivity contribution in [2.24, 2.45) is 11.8 Å². The summed E-state index contributed by atoms with van der Waals surface area (Å²) in [5.74, 6) is 1.68. The number of rotatable bonds is 28. The molecule has 2 nitrogen and oxygen atoms in total. The first kappa shape index (κ1) is 34.9. The van der Waals surface area contributed by atoms with Gasteiger partial charge in [0, 0.05) is 12.6 Å². The molecule has 35 heavy (non-hydrogen) atoms. The van der Waals surface area contributed by atoms with Crippen molar-refractivity contribution < 1.29 is 0 Å². The van der Waals surface area contributed by atoms with Gasteiger partial charge >= 0.3 is 0 Å². The molecule has 0 amide bonds. The summed E-state index contributed by atoms with van der Waals surface area (Å²) >= 11 is 0. The van der Waals surface area contributed by atoms with Gasteiger partial charge in [0.15, 0.2) is 0 Å². The molecular formula is C33H70N2. The molecular weight excluding hydrogens is 424 g/mol. The number of nitrogens with zero attached hydrogens (tertiary/aromatic N) is 1. The summed E-state index contributed by atoms with van der Waals surface area (Å²) in [5.41, 5.74) is 0. The molecule has 0 aliphatic heterocycles. The van der Waals surface area contributed by atoms with Crippen molar-refractivity contribution >= 4 is 0 Å². The minimum atomic E-state index is 0.678. The summed E-state index contributed by atoms with van der Waals surface area (Å²) in [6.45, 7) is 19.4. The number of hydrogen-bond donors (Lipinski definition) is 1. The fourth-order valence-electron chi connectivity index (χ4n) is 5.32. The SMILES string of the molecule is CCCCCCCCN(CCCCCCCCCCNC(C)C(C)CCCC)CC(C)CCCC. The highest BCUT2D eigenvalue weighted by atomic mass is 15.1. The topological polar surface area (TPSA) is 15.3 Å². The van der Waals surface area contributed by atoms with Gasteiger partial charge in [-0.05, 0) is 70.5 Å². The smallest absolute Gasteiger partial charge is 0.00643 e. The van der Waals surface area contributed by atoms with E-state index in [2.05, 4.69) is 51.8 Å². The summed E-state index contributed by atoms with van der Waals surface area (Å²) in [6.07, 6.45) is 28.1. The Morgan fingerprint density at radius 2 is 0.971 bits per heavy atom. The second kappa shape index (κ2) is 27.0. The minimum Gasteiger partial charge on any atom is -0.314 e. The monoisotopic (exact) mass is 495 g/mol. The van der Waals surface area contributed by atoms with Gasteiger partial charge in [-0.15, -0.1) is 0 Å². The van der Waals surface area contributed by atoms with E-state index in [0.717, 1.165) is 11.8 Å². The lowest BCUT2D eigenvalue weighted by molar-refractivity contribution is 0.220. The van der Waals surface area contributed by atoms with Crippen LogP contribution in [0.1, 0.15) is 170 Å². The van der Waals surface area contributed by atoms with Crippen LogP contribution >= 0.6 is 0 Å². The van der Waals surface area contributed by atoms with E-state index in [1.807, 2.05) is 0 Å². The molecule has 0 aromatic carbocycles. The molecule has 0 aliphatic rings. The number of nitrogens with one attached hydrogen (secondary N) is 1. The molecule has 0 heterocycles. The molecule has 0 rings (SSSR count). The maximum atomic E-state index is 3.77. The predicted molar refractivity (Wildman–Crippen MR) is 162 cm³/mol. The highest BCUT2D eigenvalue weighted by Crippen LogP contribution is 2.15. The van der Waals surface area contributed by atoms with Gasteiger partial charge in [-0.1, -0.05) is 131 Å². The maximum absolute atomic E-state index is 3.77. The van der Waals surface area contributed by atoms with E-state index in [4.69, 9.17) is 0 Å². The first-order chi connectivity index (χ1) is 17.0. The second-order valence-electron chi connectivity index (χ2n) is 12.0. The Morgan fingerprint density at radius 1 is 0.514 bits per heavy atom. The lowest BCUT2D eigenvalue weighted by Gasteiger charge is -2.26. The molecule has 0 aromatic rings. The fraction of sp³-hybridized carbons (Fsp3) is 1.00. The summed E-state index contributed by atoms with van der Waals surface area (Å²) in [4.78, 5) is 2.82. The molecule has 212 valence electrons. The Kier molecular flexibility index (Phi) is 26.9. The first-order valence-corrected chi connectivity index (χ1v) is 16.5. The Bertz CT molecular complexity index is 397. The normalized spacial score (nSPS) is 14.5. The van der Waals surface area contributed by atoms with Crippen LogP contribution in [-0.2, 0) is 0 Å². The first-order valence-electron chi connectivity index (χ1n) is 16.5. The van der Waals surface area contributed by atoms with Crippen molar-refractivity contribution in [1.29, 1.82) is 0 Å². The van der Waals surface area contributed by atoms with Crippen LogP contribution in [0.2, 0.25) is 0 Å². The van der Waals surface area contributed by atoms with Crippen molar-refractivity contribution in [3.8, 4) is 0 Å². The van der Waals surface area contributed by atoms with Gasteiger partial charge in [-0.2, -0.15) is 0 Å². The van der Waals surface area contributed by atoms with E-state index in [9.17, 15) is 0 Å². The van der Waals surface area contributed by atoms with Gasteiger partial charge in [-0.3, -0.25) is 0 Å². The molecule has 3 unspecified atom stereocenters. The lowest BCUT2D eigenvalue weighted by atomic mass is 9.97. The van der Waals surface area contributed by atoms with Gasteiger partial charge in [0.05, 0.1) is 0 Å². The Morgan fingerprint density at radius 3 is 1.51 bits per heavy atom. The zero-order valence-electron chi connectivity index (χ0n) is 25.6. The van der Waals surface area contributed by atoms with Gasteiger partial charge in [0.1, 0.15) is 0 Å². The summed E-state index contributed by atoms with van der Waals surface area (Å²) in [5, 5.41) is 3.77.